The van der Waals surface area contributed by atoms with Crippen molar-refractivity contribution in [3.05, 3.63) is 28.8 Å². The van der Waals surface area contributed by atoms with E-state index in [1.807, 2.05) is 6.07 Å². The molecule has 0 saturated carbocycles. The van der Waals surface area contributed by atoms with Gasteiger partial charge in [0, 0.05) is 22.7 Å². The molecule has 0 saturated heterocycles. The number of phenols is 1. The van der Waals surface area contributed by atoms with Gasteiger partial charge < -0.3 is 5.11 Å². The van der Waals surface area contributed by atoms with Crippen LogP contribution in [0.3, 0.4) is 0 Å². The summed E-state index contributed by atoms with van der Waals surface area (Å²) in [5.74, 6) is 0.323. The van der Waals surface area contributed by atoms with Gasteiger partial charge in [-0.15, -0.1) is 0 Å². The fourth-order valence-electron chi connectivity index (χ4n) is 2.20. The first-order valence-corrected chi connectivity index (χ1v) is 6.59. The van der Waals surface area contributed by atoms with E-state index in [1.165, 1.54) is 0 Å². The lowest BCUT2D eigenvalue weighted by molar-refractivity contribution is 0.162. The maximum absolute atomic E-state index is 9.92. The molecule has 1 unspecified atom stereocenters. The normalized spacial score (nSPS) is 13.4. The summed E-state index contributed by atoms with van der Waals surface area (Å²) in [4.78, 5) is 2.37. The third kappa shape index (κ3) is 3.62. The van der Waals surface area contributed by atoms with E-state index in [9.17, 15) is 5.11 Å². The summed E-state index contributed by atoms with van der Waals surface area (Å²) in [5.41, 5.74) is 0.902. The van der Waals surface area contributed by atoms with Crippen molar-refractivity contribution in [1.29, 1.82) is 0 Å². The van der Waals surface area contributed by atoms with Crippen molar-refractivity contribution in [1.82, 2.24) is 4.90 Å². The Hall–Kier alpha value is -0.730. The van der Waals surface area contributed by atoms with Crippen LogP contribution in [0.1, 0.15) is 45.7 Å². The van der Waals surface area contributed by atoms with Crippen molar-refractivity contribution >= 4 is 11.6 Å². The fourth-order valence-corrected chi connectivity index (χ4v) is 2.38. The molecule has 2 nitrogen and oxygen atoms in total. The number of benzene rings is 1. The Morgan fingerprint density at radius 1 is 1.29 bits per heavy atom. The minimum atomic E-state index is 0.175. The first-order chi connectivity index (χ1) is 7.97. The van der Waals surface area contributed by atoms with Crippen molar-refractivity contribution in [2.75, 3.05) is 6.54 Å². The highest BCUT2D eigenvalue weighted by Gasteiger charge is 2.20. The predicted octanol–water partition coefficient (Wildman–Crippen LogP) is 4.23. The molecule has 1 N–H and O–H groups in total. The van der Waals surface area contributed by atoms with E-state index in [2.05, 4.69) is 32.6 Å². The second kappa shape index (κ2) is 6.27. The Bertz CT molecular complexity index is 365. The van der Waals surface area contributed by atoms with Crippen LogP contribution in [0.5, 0.6) is 5.75 Å². The van der Waals surface area contributed by atoms with Crippen molar-refractivity contribution in [2.24, 2.45) is 0 Å². The number of hydrogen-bond acceptors (Lipinski definition) is 2. The van der Waals surface area contributed by atoms with Crippen LogP contribution in [0.25, 0.3) is 0 Å². The van der Waals surface area contributed by atoms with Crippen LogP contribution < -0.4 is 0 Å². The van der Waals surface area contributed by atoms with Gasteiger partial charge in [0.2, 0.25) is 0 Å². The van der Waals surface area contributed by atoms with Gasteiger partial charge in [-0.2, -0.15) is 0 Å². The van der Waals surface area contributed by atoms with Crippen LogP contribution in [0.15, 0.2) is 18.2 Å². The van der Waals surface area contributed by atoms with E-state index < -0.39 is 0 Å². The van der Waals surface area contributed by atoms with Crippen LogP contribution in [-0.2, 0) is 0 Å². The molecule has 0 aliphatic rings. The number of rotatable bonds is 5. The van der Waals surface area contributed by atoms with Gasteiger partial charge in [-0.05, 0) is 51.9 Å². The van der Waals surface area contributed by atoms with E-state index in [4.69, 9.17) is 11.6 Å². The quantitative estimate of drug-likeness (QED) is 0.851. The summed E-state index contributed by atoms with van der Waals surface area (Å²) >= 11 is 5.99. The molecule has 0 aromatic heterocycles. The Balaban J connectivity index is 2.99. The molecule has 96 valence electrons. The van der Waals surface area contributed by atoms with E-state index in [-0.39, 0.29) is 6.04 Å². The standard InChI is InChI=1S/C14H22ClNO/c1-5-8-16(10(2)3)11(4)13-9-12(15)6-7-14(13)17/h6-7,9-11,17H,5,8H2,1-4H3. The highest BCUT2D eigenvalue weighted by Crippen LogP contribution is 2.31. The van der Waals surface area contributed by atoms with Crippen LogP contribution >= 0.6 is 11.6 Å². The molecule has 1 aromatic rings. The number of aromatic hydroxyl groups is 1. The Morgan fingerprint density at radius 3 is 2.47 bits per heavy atom. The predicted molar refractivity (Wildman–Crippen MR) is 73.7 cm³/mol. The average molecular weight is 256 g/mol. The molecule has 0 heterocycles. The van der Waals surface area contributed by atoms with E-state index in [0.29, 0.717) is 16.8 Å². The molecule has 0 fully saturated rings. The largest absolute Gasteiger partial charge is 0.508 e. The lowest BCUT2D eigenvalue weighted by Gasteiger charge is -2.33. The van der Waals surface area contributed by atoms with Gasteiger partial charge in [0.1, 0.15) is 5.75 Å². The van der Waals surface area contributed by atoms with E-state index in [1.54, 1.807) is 12.1 Å². The van der Waals surface area contributed by atoms with Gasteiger partial charge in [-0.25, -0.2) is 0 Å². The molecule has 0 bridgehead atoms. The van der Waals surface area contributed by atoms with Gasteiger partial charge in [0.25, 0.3) is 0 Å². The van der Waals surface area contributed by atoms with Gasteiger partial charge in [-0.1, -0.05) is 18.5 Å². The smallest absolute Gasteiger partial charge is 0.120 e. The van der Waals surface area contributed by atoms with Gasteiger partial charge >= 0.3 is 0 Å². The van der Waals surface area contributed by atoms with Crippen molar-refractivity contribution in [3.8, 4) is 5.75 Å². The van der Waals surface area contributed by atoms with Crippen molar-refractivity contribution in [2.45, 2.75) is 46.2 Å². The highest BCUT2D eigenvalue weighted by atomic mass is 35.5. The van der Waals surface area contributed by atoms with Gasteiger partial charge in [-0.3, -0.25) is 4.90 Å². The molecule has 0 spiro atoms. The first-order valence-electron chi connectivity index (χ1n) is 6.21. The summed E-state index contributed by atoms with van der Waals surface area (Å²) in [5, 5.41) is 10.6. The minimum Gasteiger partial charge on any atom is -0.508 e. The maximum Gasteiger partial charge on any atom is 0.120 e. The lowest BCUT2D eigenvalue weighted by Crippen LogP contribution is -2.34. The maximum atomic E-state index is 9.92. The summed E-state index contributed by atoms with van der Waals surface area (Å²) in [6.45, 7) is 9.65. The molecule has 17 heavy (non-hydrogen) atoms. The fraction of sp³-hybridized carbons (Fsp3) is 0.571. The lowest BCUT2D eigenvalue weighted by atomic mass is 10.0. The summed E-state index contributed by atoms with van der Waals surface area (Å²) in [6, 6.07) is 5.86. The second-order valence-corrected chi connectivity index (χ2v) is 5.15. The zero-order chi connectivity index (χ0) is 13.0. The Morgan fingerprint density at radius 2 is 1.94 bits per heavy atom. The summed E-state index contributed by atoms with van der Waals surface area (Å²) in [6.07, 6.45) is 1.10. The summed E-state index contributed by atoms with van der Waals surface area (Å²) in [7, 11) is 0. The van der Waals surface area contributed by atoms with E-state index >= 15 is 0 Å². The van der Waals surface area contributed by atoms with Gasteiger partial charge in [0.15, 0.2) is 0 Å². The topological polar surface area (TPSA) is 23.5 Å². The molecular weight excluding hydrogens is 234 g/mol. The first kappa shape index (κ1) is 14.3. The number of halogens is 1. The van der Waals surface area contributed by atoms with Crippen molar-refractivity contribution < 1.29 is 5.11 Å². The summed E-state index contributed by atoms with van der Waals surface area (Å²) < 4.78 is 0. The third-order valence-electron chi connectivity index (χ3n) is 3.08. The highest BCUT2D eigenvalue weighted by molar-refractivity contribution is 6.30. The number of hydrogen-bond donors (Lipinski definition) is 1. The zero-order valence-electron chi connectivity index (χ0n) is 11.1. The minimum absolute atomic E-state index is 0.175. The number of phenolic OH excluding ortho intramolecular Hbond substituents is 1. The van der Waals surface area contributed by atoms with Crippen LogP contribution in [0.4, 0.5) is 0 Å². The molecule has 0 amide bonds. The van der Waals surface area contributed by atoms with Crippen LogP contribution in [-0.4, -0.2) is 22.6 Å². The van der Waals surface area contributed by atoms with Crippen molar-refractivity contribution in [3.63, 3.8) is 0 Å². The zero-order valence-corrected chi connectivity index (χ0v) is 11.8. The molecule has 0 aliphatic heterocycles. The van der Waals surface area contributed by atoms with E-state index in [0.717, 1.165) is 18.5 Å². The monoisotopic (exact) mass is 255 g/mol. The molecule has 1 rings (SSSR count). The third-order valence-corrected chi connectivity index (χ3v) is 3.32. The second-order valence-electron chi connectivity index (χ2n) is 4.71. The molecule has 0 radical (unpaired) electrons. The van der Waals surface area contributed by atoms with Crippen LogP contribution in [0.2, 0.25) is 5.02 Å². The molecular formula is C14H22ClNO. The SMILES string of the molecule is CCCN(C(C)C)C(C)c1cc(Cl)ccc1O. The van der Waals surface area contributed by atoms with Crippen LogP contribution in [0, 0.1) is 0 Å². The Labute approximate surface area is 109 Å². The molecule has 0 aliphatic carbocycles. The van der Waals surface area contributed by atoms with Gasteiger partial charge in [0.05, 0.1) is 0 Å². The number of nitrogens with zero attached hydrogens (tertiary/aromatic N) is 1. The average Bonchev–Trinajstić information content (AvgIpc) is 2.28. The molecule has 3 heteroatoms. The molecule has 1 aromatic carbocycles. The molecule has 1 atom stereocenters. The Kier molecular flexibility index (Phi) is 5.29.